The van der Waals surface area contributed by atoms with Gasteiger partial charge in [-0.25, -0.2) is 0 Å². The standard InChI is InChI=1S/C27H34BrClN4O/c28-22-16-21-2-1-20-17-23(29)3-4-24(20)25(27(21)31-18-22)7-10-32-11-13-33(14-12-32)26(34)15-19-5-8-30-9-6-19/h3-4,16-19,25,30H,1-2,5-15H2. The van der Waals surface area contributed by atoms with Crippen molar-refractivity contribution in [2.75, 3.05) is 45.8 Å². The van der Waals surface area contributed by atoms with Crippen LogP contribution in [0.25, 0.3) is 0 Å². The average molecular weight is 546 g/mol. The van der Waals surface area contributed by atoms with Crippen LogP contribution in [0.3, 0.4) is 0 Å². The van der Waals surface area contributed by atoms with E-state index in [4.69, 9.17) is 16.6 Å². The van der Waals surface area contributed by atoms with Crippen molar-refractivity contribution in [3.8, 4) is 0 Å². The lowest BCUT2D eigenvalue weighted by Crippen LogP contribution is -2.49. The van der Waals surface area contributed by atoms with Gasteiger partial charge in [-0.1, -0.05) is 17.7 Å². The highest BCUT2D eigenvalue weighted by atomic mass is 79.9. The van der Waals surface area contributed by atoms with Gasteiger partial charge in [0.15, 0.2) is 0 Å². The molecule has 1 aliphatic carbocycles. The normalized spacial score (nSPS) is 21.6. The van der Waals surface area contributed by atoms with Crippen LogP contribution in [-0.2, 0) is 17.6 Å². The van der Waals surface area contributed by atoms with Gasteiger partial charge in [0.2, 0.25) is 5.91 Å². The summed E-state index contributed by atoms with van der Waals surface area (Å²) in [5.41, 5.74) is 5.26. The molecule has 3 aliphatic rings. The number of carbonyl (C=O) groups is 1. The van der Waals surface area contributed by atoms with Gasteiger partial charge in [0.25, 0.3) is 0 Å². The fourth-order valence-electron chi connectivity index (χ4n) is 5.84. The minimum absolute atomic E-state index is 0.275. The van der Waals surface area contributed by atoms with Crippen LogP contribution >= 0.6 is 27.5 Å². The number of halogens is 2. The third-order valence-corrected chi connectivity index (χ3v) is 8.49. The minimum Gasteiger partial charge on any atom is -0.340 e. The van der Waals surface area contributed by atoms with Gasteiger partial charge in [0.1, 0.15) is 0 Å². The molecule has 5 nitrogen and oxygen atoms in total. The number of amides is 1. The molecular formula is C27H34BrClN4O. The number of aryl methyl sites for hydroxylation is 2. The van der Waals surface area contributed by atoms with Crippen molar-refractivity contribution in [2.24, 2.45) is 5.92 Å². The summed E-state index contributed by atoms with van der Waals surface area (Å²) in [6.07, 6.45) is 7.93. The molecule has 1 N–H and O–H groups in total. The molecule has 2 fully saturated rings. The fourth-order valence-corrected chi connectivity index (χ4v) is 6.41. The number of aromatic nitrogens is 1. The number of piperazine rings is 1. The number of hydrogen-bond donors (Lipinski definition) is 1. The number of carbonyl (C=O) groups excluding carboxylic acids is 1. The van der Waals surface area contributed by atoms with Crippen molar-refractivity contribution >= 4 is 33.4 Å². The molecule has 3 heterocycles. The van der Waals surface area contributed by atoms with Crippen molar-refractivity contribution in [3.63, 3.8) is 0 Å². The number of piperidine rings is 1. The zero-order chi connectivity index (χ0) is 23.5. The Hall–Kier alpha value is -1.47. The summed E-state index contributed by atoms with van der Waals surface area (Å²) in [6, 6.07) is 8.59. The molecule has 0 bridgehead atoms. The lowest BCUT2D eigenvalue weighted by atomic mass is 9.88. The van der Waals surface area contributed by atoms with Crippen molar-refractivity contribution in [1.82, 2.24) is 20.1 Å². The zero-order valence-electron chi connectivity index (χ0n) is 19.7. The number of benzene rings is 1. The second-order valence-corrected chi connectivity index (χ2v) is 11.4. The summed E-state index contributed by atoms with van der Waals surface area (Å²) in [7, 11) is 0. The molecule has 0 spiro atoms. The third kappa shape index (κ3) is 5.67. The Morgan fingerprint density at radius 2 is 1.85 bits per heavy atom. The number of nitrogens with one attached hydrogen (secondary N) is 1. The zero-order valence-corrected chi connectivity index (χ0v) is 22.1. The van der Waals surface area contributed by atoms with E-state index in [1.54, 1.807) is 0 Å². The number of rotatable bonds is 5. The number of pyridine rings is 1. The van der Waals surface area contributed by atoms with Gasteiger partial charge in [0, 0.05) is 54.2 Å². The quantitative estimate of drug-likeness (QED) is 0.594. The molecule has 1 atom stereocenters. The van der Waals surface area contributed by atoms with Crippen molar-refractivity contribution in [3.05, 3.63) is 62.3 Å². The van der Waals surface area contributed by atoms with E-state index >= 15 is 0 Å². The molecule has 1 unspecified atom stereocenters. The number of fused-ring (bicyclic) bond motifs is 2. The first-order valence-corrected chi connectivity index (χ1v) is 13.9. The predicted octanol–water partition coefficient (Wildman–Crippen LogP) is 4.65. The van der Waals surface area contributed by atoms with E-state index in [0.717, 1.165) is 93.8 Å². The first-order valence-electron chi connectivity index (χ1n) is 12.7. The fraction of sp³-hybridized carbons (Fsp3) is 0.556. The van der Waals surface area contributed by atoms with Crippen LogP contribution in [0.1, 0.15) is 54.0 Å². The summed E-state index contributed by atoms with van der Waals surface area (Å²) in [5.74, 6) is 1.19. The van der Waals surface area contributed by atoms with E-state index in [9.17, 15) is 4.79 Å². The number of nitrogens with zero attached hydrogens (tertiary/aromatic N) is 3. The second-order valence-electron chi connectivity index (χ2n) is 10.0. The maximum absolute atomic E-state index is 12.8. The van der Waals surface area contributed by atoms with Crippen LogP contribution in [0, 0.1) is 5.92 Å². The highest BCUT2D eigenvalue weighted by molar-refractivity contribution is 9.10. The Kier molecular flexibility index (Phi) is 7.89. The van der Waals surface area contributed by atoms with Gasteiger partial charge in [-0.15, -0.1) is 0 Å². The van der Waals surface area contributed by atoms with Crippen molar-refractivity contribution in [1.29, 1.82) is 0 Å². The summed E-state index contributed by atoms with van der Waals surface area (Å²) >= 11 is 9.95. The van der Waals surface area contributed by atoms with E-state index in [0.29, 0.717) is 11.8 Å². The molecule has 2 aromatic rings. The lowest BCUT2D eigenvalue weighted by molar-refractivity contribution is -0.134. The van der Waals surface area contributed by atoms with Crippen LogP contribution in [0.15, 0.2) is 34.9 Å². The highest BCUT2D eigenvalue weighted by Crippen LogP contribution is 2.37. The van der Waals surface area contributed by atoms with Crippen LogP contribution in [0.2, 0.25) is 5.02 Å². The maximum atomic E-state index is 12.8. The van der Waals surface area contributed by atoms with Gasteiger partial charge >= 0.3 is 0 Å². The highest BCUT2D eigenvalue weighted by Gasteiger charge is 2.28. The molecule has 0 saturated carbocycles. The van der Waals surface area contributed by atoms with E-state index in [1.807, 2.05) is 12.3 Å². The van der Waals surface area contributed by atoms with Crippen molar-refractivity contribution < 1.29 is 4.79 Å². The SMILES string of the molecule is O=C(CC1CCNCC1)N1CCN(CCC2c3ccc(Cl)cc3CCc3cc(Br)cnc32)CC1. The average Bonchev–Trinajstić information content (AvgIpc) is 2.99. The molecule has 1 aromatic carbocycles. The molecule has 34 heavy (non-hydrogen) atoms. The summed E-state index contributed by atoms with van der Waals surface area (Å²) in [5, 5.41) is 4.20. The molecule has 7 heteroatoms. The van der Waals surface area contributed by atoms with Gasteiger partial charge in [-0.05, 0) is 108 Å². The van der Waals surface area contributed by atoms with Gasteiger partial charge in [0.05, 0.1) is 5.69 Å². The predicted molar refractivity (Wildman–Crippen MR) is 140 cm³/mol. The summed E-state index contributed by atoms with van der Waals surface area (Å²) in [6.45, 7) is 6.73. The Balaban J connectivity index is 1.22. The topological polar surface area (TPSA) is 48.5 Å². The van der Waals surface area contributed by atoms with Crippen LogP contribution in [0.5, 0.6) is 0 Å². The Morgan fingerprint density at radius 1 is 1.09 bits per heavy atom. The minimum atomic E-state index is 0.275. The van der Waals surface area contributed by atoms with Gasteiger partial charge in [-0.3, -0.25) is 14.7 Å². The maximum Gasteiger partial charge on any atom is 0.222 e. The molecule has 1 amide bonds. The van der Waals surface area contributed by atoms with E-state index in [-0.39, 0.29) is 5.92 Å². The van der Waals surface area contributed by atoms with Crippen LogP contribution in [-0.4, -0.2) is 66.5 Å². The molecule has 2 saturated heterocycles. The molecule has 182 valence electrons. The Bertz CT molecular complexity index is 964. The van der Waals surface area contributed by atoms with Gasteiger partial charge in [-0.2, -0.15) is 0 Å². The van der Waals surface area contributed by atoms with E-state index in [1.165, 1.54) is 22.4 Å². The Labute approximate surface area is 216 Å². The lowest BCUT2D eigenvalue weighted by Gasteiger charge is -2.36. The van der Waals surface area contributed by atoms with Crippen LogP contribution < -0.4 is 5.32 Å². The second kappa shape index (κ2) is 11.1. The number of hydrogen-bond acceptors (Lipinski definition) is 4. The van der Waals surface area contributed by atoms with Crippen LogP contribution in [0.4, 0.5) is 0 Å². The van der Waals surface area contributed by atoms with E-state index in [2.05, 4.69) is 49.2 Å². The van der Waals surface area contributed by atoms with Gasteiger partial charge < -0.3 is 10.2 Å². The summed E-state index contributed by atoms with van der Waals surface area (Å²) in [4.78, 5) is 22.3. The molecule has 2 aliphatic heterocycles. The molecule has 0 radical (unpaired) electrons. The first-order chi connectivity index (χ1) is 16.6. The Morgan fingerprint density at radius 3 is 2.65 bits per heavy atom. The molecule has 1 aromatic heterocycles. The smallest absolute Gasteiger partial charge is 0.222 e. The first kappa shape index (κ1) is 24.2. The molecule has 5 rings (SSSR count). The van der Waals surface area contributed by atoms with Crippen molar-refractivity contribution in [2.45, 2.75) is 44.4 Å². The summed E-state index contributed by atoms with van der Waals surface area (Å²) < 4.78 is 1.04. The largest absolute Gasteiger partial charge is 0.340 e. The van der Waals surface area contributed by atoms with E-state index < -0.39 is 0 Å². The molecular weight excluding hydrogens is 512 g/mol. The third-order valence-electron chi connectivity index (χ3n) is 7.82. The monoisotopic (exact) mass is 544 g/mol.